The molecule has 2 unspecified atom stereocenters. The number of hydrogen-bond acceptors (Lipinski definition) is 1. The highest BCUT2D eigenvalue weighted by molar-refractivity contribution is 6.30. The third-order valence-electron chi connectivity index (χ3n) is 4.34. The molecule has 3 rings (SSSR count). The van der Waals surface area contributed by atoms with E-state index in [0.29, 0.717) is 17.0 Å². The van der Waals surface area contributed by atoms with Crippen LogP contribution < -0.4 is 0 Å². The second kappa shape index (κ2) is 6.17. The SMILES string of the molecule is OC1c2ccccc2CCCC1Cc1ccc(Cl)cc1F. The Morgan fingerprint density at radius 2 is 2.00 bits per heavy atom. The van der Waals surface area contributed by atoms with E-state index < -0.39 is 6.10 Å². The number of benzene rings is 2. The van der Waals surface area contributed by atoms with Crippen LogP contribution in [0.15, 0.2) is 42.5 Å². The van der Waals surface area contributed by atoms with Crippen molar-refractivity contribution in [2.45, 2.75) is 31.8 Å². The van der Waals surface area contributed by atoms with Crippen LogP contribution in [-0.4, -0.2) is 5.11 Å². The Morgan fingerprint density at radius 3 is 2.81 bits per heavy atom. The molecule has 2 aromatic rings. The van der Waals surface area contributed by atoms with Crippen molar-refractivity contribution in [3.05, 3.63) is 70.0 Å². The van der Waals surface area contributed by atoms with E-state index in [-0.39, 0.29) is 11.7 Å². The molecule has 0 saturated carbocycles. The van der Waals surface area contributed by atoms with Gasteiger partial charge in [-0.1, -0.05) is 41.9 Å². The molecular formula is C18H18ClFO. The van der Waals surface area contributed by atoms with Crippen LogP contribution in [0.2, 0.25) is 5.02 Å². The predicted octanol–water partition coefficient (Wildman–Crippen LogP) is 4.71. The minimum absolute atomic E-state index is 0.0457. The smallest absolute Gasteiger partial charge is 0.127 e. The van der Waals surface area contributed by atoms with E-state index in [9.17, 15) is 9.50 Å². The lowest BCUT2D eigenvalue weighted by Crippen LogP contribution is -2.15. The molecule has 0 heterocycles. The quantitative estimate of drug-likeness (QED) is 0.797. The van der Waals surface area contributed by atoms with Gasteiger partial charge in [0.15, 0.2) is 0 Å². The molecule has 110 valence electrons. The average molecular weight is 305 g/mol. The van der Waals surface area contributed by atoms with E-state index in [0.717, 1.165) is 24.8 Å². The van der Waals surface area contributed by atoms with Crippen LogP contribution in [0.25, 0.3) is 0 Å². The minimum atomic E-state index is -0.529. The first kappa shape index (κ1) is 14.6. The van der Waals surface area contributed by atoms with Crippen molar-refractivity contribution in [3.63, 3.8) is 0 Å². The van der Waals surface area contributed by atoms with Crippen molar-refractivity contribution >= 4 is 11.6 Å². The monoisotopic (exact) mass is 304 g/mol. The first-order valence-corrected chi connectivity index (χ1v) is 7.73. The third kappa shape index (κ3) is 3.12. The van der Waals surface area contributed by atoms with Crippen molar-refractivity contribution in [3.8, 4) is 0 Å². The highest BCUT2D eigenvalue weighted by Gasteiger charge is 2.26. The Bertz CT molecular complexity index is 641. The van der Waals surface area contributed by atoms with Gasteiger partial charge in [0.25, 0.3) is 0 Å². The average Bonchev–Trinajstić information content (AvgIpc) is 2.63. The first-order chi connectivity index (χ1) is 10.1. The van der Waals surface area contributed by atoms with Gasteiger partial charge in [-0.05, 0) is 60.4 Å². The van der Waals surface area contributed by atoms with Crippen molar-refractivity contribution < 1.29 is 9.50 Å². The summed E-state index contributed by atoms with van der Waals surface area (Å²) < 4.78 is 14.0. The van der Waals surface area contributed by atoms with E-state index in [2.05, 4.69) is 6.07 Å². The molecule has 0 fully saturated rings. The molecule has 0 bridgehead atoms. The van der Waals surface area contributed by atoms with E-state index in [1.54, 1.807) is 12.1 Å². The Labute approximate surface area is 129 Å². The minimum Gasteiger partial charge on any atom is -0.388 e. The molecule has 2 aromatic carbocycles. The van der Waals surface area contributed by atoms with Crippen molar-refractivity contribution in [2.24, 2.45) is 5.92 Å². The molecule has 3 heteroatoms. The molecule has 1 N–H and O–H groups in total. The summed E-state index contributed by atoms with van der Waals surface area (Å²) in [6, 6.07) is 12.8. The second-order valence-corrected chi connectivity index (χ2v) is 6.17. The third-order valence-corrected chi connectivity index (χ3v) is 4.57. The fraction of sp³-hybridized carbons (Fsp3) is 0.333. The molecule has 0 aliphatic heterocycles. The van der Waals surface area contributed by atoms with Gasteiger partial charge in [0, 0.05) is 5.02 Å². The molecule has 0 radical (unpaired) electrons. The topological polar surface area (TPSA) is 20.2 Å². The van der Waals surface area contributed by atoms with Gasteiger partial charge in [-0.15, -0.1) is 0 Å². The van der Waals surface area contributed by atoms with Crippen molar-refractivity contribution in [1.82, 2.24) is 0 Å². The summed E-state index contributed by atoms with van der Waals surface area (Å²) >= 11 is 5.79. The number of rotatable bonds is 2. The predicted molar refractivity (Wildman–Crippen MR) is 82.9 cm³/mol. The lowest BCUT2D eigenvalue weighted by Gasteiger charge is -2.22. The first-order valence-electron chi connectivity index (χ1n) is 7.35. The van der Waals surface area contributed by atoms with Crippen LogP contribution in [0, 0.1) is 11.7 Å². The van der Waals surface area contributed by atoms with Gasteiger partial charge in [-0.2, -0.15) is 0 Å². The number of hydrogen-bond donors (Lipinski definition) is 1. The largest absolute Gasteiger partial charge is 0.388 e. The van der Waals surface area contributed by atoms with E-state index >= 15 is 0 Å². The lowest BCUT2D eigenvalue weighted by molar-refractivity contribution is 0.104. The number of halogens is 2. The van der Waals surface area contributed by atoms with Gasteiger partial charge < -0.3 is 5.11 Å². The van der Waals surface area contributed by atoms with Gasteiger partial charge in [0.1, 0.15) is 5.82 Å². The molecule has 0 spiro atoms. The normalized spacial score (nSPS) is 21.7. The standard InChI is InChI=1S/C18H18ClFO/c19-15-9-8-13(17(20)11-15)10-14-6-3-5-12-4-1-2-7-16(12)18(14)21/h1-2,4,7-9,11,14,18,21H,3,5-6,10H2. The van der Waals surface area contributed by atoms with Crippen LogP contribution in [0.5, 0.6) is 0 Å². The van der Waals surface area contributed by atoms with Crippen molar-refractivity contribution in [1.29, 1.82) is 0 Å². The van der Waals surface area contributed by atoms with Gasteiger partial charge in [-0.3, -0.25) is 0 Å². The lowest BCUT2D eigenvalue weighted by atomic mass is 9.88. The zero-order chi connectivity index (χ0) is 14.8. The maximum absolute atomic E-state index is 14.0. The highest BCUT2D eigenvalue weighted by atomic mass is 35.5. The molecular weight excluding hydrogens is 287 g/mol. The van der Waals surface area contributed by atoms with Gasteiger partial charge in [0.05, 0.1) is 6.10 Å². The number of aliphatic hydroxyl groups excluding tert-OH is 1. The number of fused-ring (bicyclic) bond motifs is 1. The van der Waals surface area contributed by atoms with E-state index in [1.165, 1.54) is 11.6 Å². The Morgan fingerprint density at radius 1 is 1.19 bits per heavy atom. The Kier molecular flexibility index (Phi) is 4.27. The number of aryl methyl sites for hydroxylation is 1. The van der Waals surface area contributed by atoms with Crippen molar-refractivity contribution in [2.75, 3.05) is 0 Å². The molecule has 0 aromatic heterocycles. The fourth-order valence-electron chi connectivity index (χ4n) is 3.20. The van der Waals surface area contributed by atoms with Crippen LogP contribution in [0.4, 0.5) is 4.39 Å². The van der Waals surface area contributed by atoms with Gasteiger partial charge in [-0.25, -0.2) is 4.39 Å². The number of aliphatic hydroxyl groups is 1. The molecule has 0 saturated heterocycles. The van der Waals surface area contributed by atoms with E-state index in [1.807, 2.05) is 18.2 Å². The summed E-state index contributed by atoms with van der Waals surface area (Å²) in [5.41, 5.74) is 2.83. The summed E-state index contributed by atoms with van der Waals surface area (Å²) in [4.78, 5) is 0. The highest BCUT2D eigenvalue weighted by Crippen LogP contribution is 2.35. The molecule has 1 aliphatic rings. The summed E-state index contributed by atoms with van der Waals surface area (Å²) in [5, 5.41) is 11.1. The fourth-order valence-corrected chi connectivity index (χ4v) is 3.36. The van der Waals surface area contributed by atoms with Gasteiger partial charge >= 0.3 is 0 Å². The maximum atomic E-state index is 14.0. The molecule has 21 heavy (non-hydrogen) atoms. The second-order valence-electron chi connectivity index (χ2n) is 5.74. The summed E-state index contributed by atoms with van der Waals surface area (Å²) in [7, 11) is 0. The van der Waals surface area contributed by atoms with Crippen LogP contribution >= 0.6 is 11.6 Å². The van der Waals surface area contributed by atoms with Crippen LogP contribution in [-0.2, 0) is 12.8 Å². The zero-order valence-corrected chi connectivity index (χ0v) is 12.5. The summed E-state index contributed by atoms with van der Waals surface area (Å²) in [5.74, 6) is -0.239. The van der Waals surface area contributed by atoms with Crippen LogP contribution in [0.1, 0.15) is 35.6 Å². The van der Waals surface area contributed by atoms with Crippen LogP contribution in [0.3, 0.4) is 0 Å². The zero-order valence-electron chi connectivity index (χ0n) is 11.7. The molecule has 1 aliphatic carbocycles. The van der Waals surface area contributed by atoms with E-state index in [4.69, 9.17) is 11.6 Å². The maximum Gasteiger partial charge on any atom is 0.127 e. The summed E-state index contributed by atoms with van der Waals surface area (Å²) in [6.07, 6.45) is 2.91. The van der Waals surface area contributed by atoms with Gasteiger partial charge in [0.2, 0.25) is 0 Å². The summed E-state index contributed by atoms with van der Waals surface area (Å²) in [6.45, 7) is 0. The molecule has 0 amide bonds. The Balaban J connectivity index is 1.86. The molecule has 2 atom stereocenters. The Hall–Kier alpha value is -1.38. The molecule has 1 nitrogen and oxygen atoms in total.